The maximum absolute atomic E-state index is 12.5. The van der Waals surface area contributed by atoms with E-state index in [0.29, 0.717) is 6.42 Å². The highest BCUT2D eigenvalue weighted by molar-refractivity contribution is 5.79. The Morgan fingerprint density at radius 3 is 2.25 bits per heavy atom. The number of carbonyl (C=O) groups excluding carboxylic acids is 1. The fourth-order valence-electron chi connectivity index (χ4n) is 3.94. The third-order valence-corrected chi connectivity index (χ3v) is 5.32. The van der Waals surface area contributed by atoms with Crippen LogP contribution in [0.25, 0.3) is 11.1 Å². The molecule has 0 radical (unpaired) electrons. The lowest BCUT2D eigenvalue weighted by Crippen LogP contribution is -2.30. The fourth-order valence-corrected chi connectivity index (χ4v) is 3.94. The van der Waals surface area contributed by atoms with Crippen molar-refractivity contribution >= 4 is 6.09 Å². The van der Waals surface area contributed by atoms with Gasteiger partial charge in [-0.3, -0.25) is 0 Å². The van der Waals surface area contributed by atoms with Gasteiger partial charge in [-0.2, -0.15) is 0 Å². The summed E-state index contributed by atoms with van der Waals surface area (Å²) in [5, 5.41) is 12.6. The number of carbonyl (C=O) groups is 1. The summed E-state index contributed by atoms with van der Waals surface area (Å²) >= 11 is 0. The number of aromatic hydroxyl groups is 1. The predicted octanol–water partition coefficient (Wildman–Crippen LogP) is 5.38. The molecule has 0 fully saturated rings. The van der Waals surface area contributed by atoms with E-state index in [2.05, 4.69) is 29.6 Å². The number of phenols is 1. The summed E-state index contributed by atoms with van der Waals surface area (Å²) in [7, 11) is 0. The molecule has 0 aromatic heterocycles. The Hall–Kier alpha value is -3.27. The second kappa shape index (κ2) is 7.77. The van der Waals surface area contributed by atoms with Crippen LogP contribution in [0, 0.1) is 0 Å². The lowest BCUT2D eigenvalue weighted by molar-refractivity contribution is 0.138. The summed E-state index contributed by atoms with van der Waals surface area (Å²) in [6.45, 7) is 2.27. The summed E-state index contributed by atoms with van der Waals surface area (Å²) in [6, 6.07) is 23.3. The van der Waals surface area contributed by atoms with E-state index >= 15 is 0 Å². The first-order chi connectivity index (χ1) is 13.7. The molecule has 0 saturated carbocycles. The summed E-state index contributed by atoms with van der Waals surface area (Å²) in [5.41, 5.74) is 5.65. The molecule has 4 rings (SSSR count). The second-order valence-electron chi connectivity index (χ2n) is 7.03. The molecule has 1 aliphatic carbocycles. The molecule has 0 bridgehead atoms. The average molecular weight is 373 g/mol. The molecule has 2 N–H and O–H groups in total. The van der Waals surface area contributed by atoms with E-state index in [0.717, 1.165) is 5.56 Å². The van der Waals surface area contributed by atoms with Gasteiger partial charge in [0.25, 0.3) is 0 Å². The van der Waals surface area contributed by atoms with Crippen molar-refractivity contribution in [2.45, 2.75) is 25.3 Å². The van der Waals surface area contributed by atoms with Crippen LogP contribution in [0.3, 0.4) is 0 Å². The van der Waals surface area contributed by atoms with Gasteiger partial charge in [0.15, 0.2) is 0 Å². The van der Waals surface area contributed by atoms with Crippen molar-refractivity contribution in [2.75, 3.05) is 6.61 Å². The van der Waals surface area contributed by atoms with E-state index in [1.165, 1.54) is 22.3 Å². The summed E-state index contributed by atoms with van der Waals surface area (Å²) in [5.74, 6) is 0.226. The highest BCUT2D eigenvalue weighted by atomic mass is 16.5. The topological polar surface area (TPSA) is 58.6 Å². The zero-order chi connectivity index (χ0) is 19.5. The number of phenolic OH excluding ortho intramolecular Hbond substituents is 1. The number of rotatable bonds is 5. The Kier molecular flexibility index (Phi) is 5.02. The number of nitrogens with one attached hydrogen (secondary N) is 1. The largest absolute Gasteiger partial charge is 0.508 e. The lowest BCUT2D eigenvalue weighted by Gasteiger charge is -2.19. The molecule has 3 aromatic rings. The first-order valence-corrected chi connectivity index (χ1v) is 9.57. The third kappa shape index (κ3) is 3.46. The zero-order valence-electron chi connectivity index (χ0n) is 15.8. The third-order valence-electron chi connectivity index (χ3n) is 5.32. The van der Waals surface area contributed by atoms with E-state index in [9.17, 15) is 9.90 Å². The van der Waals surface area contributed by atoms with Crippen LogP contribution >= 0.6 is 0 Å². The first kappa shape index (κ1) is 18.1. The molecule has 0 heterocycles. The average Bonchev–Trinajstić information content (AvgIpc) is 3.04. The number of ether oxygens (including phenoxy) is 1. The highest BCUT2D eigenvalue weighted by Gasteiger charge is 2.29. The lowest BCUT2D eigenvalue weighted by atomic mass is 9.98. The molecule has 1 unspecified atom stereocenters. The quantitative estimate of drug-likeness (QED) is 0.631. The number of benzene rings is 3. The molecule has 1 amide bonds. The zero-order valence-corrected chi connectivity index (χ0v) is 15.8. The maximum atomic E-state index is 12.5. The number of fused-ring (bicyclic) bond motifs is 3. The Morgan fingerprint density at radius 2 is 1.64 bits per heavy atom. The molecule has 28 heavy (non-hydrogen) atoms. The summed E-state index contributed by atoms with van der Waals surface area (Å²) in [4.78, 5) is 12.5. The standard InChI is InChI=1S/C24H23NO3/c1-2-23(16-8-7-9-17(26)14-16)25-24(27)28-15-22-20-12-5-3-10-18(20)19-11-4-6-13-21(19)22/h3-14,22-23,26H,2,15H2,1H3,(H,25,27). The molecule has 0 aliphatic heterocycles. The van der Waals surface area contributed by atoms with Crippen LogP contribution < -0.4 is 5.32 Å². The van der Waals surface area contributed by atoms with Crippen molar-refractivity contribution in [3.05, 3.63) is 89.5 Å². The Labute approximate surface area is 164 Å². The van der Waals surface area contributed by atoms with Gasteiger partial charge in [0.2, 0.25) is 0 Å². The van der Waals surface area contributed by atoms with Crippen LogP contribution in [0.15, 0.2) is 72.8 Å². The van der Waals surface area contributed by atoms with Gasteiger partial charge in [-0.15, -0.1) is 0 Å². The Morgan fingerprint density at radius 1 is 1.00 bits per heavy atom. The van der Waals surface area contributed by atoms with Crippen LogP contribution in [0.2, 0.25) is 0 Å². The molecule has 4 heteroatoms. The predicted molar refractivity (Wildman–Crippen MR) is 109 cm³/mol. The van der Waals surface area contributed by atoms with E-state index in [1.54, 1.807) is 18.2 Å². The molecular formula is C24H23NO3. The van der Waals surface area contributed by atoms with Crippen LogP contribution in [-0.2, 0) is 4.74 Å². The van der Waals surface area contributed by atoms with E-state index in [-0.39, 0.29) is 24.3 Å². The van der Waals surface area contributed by atoms with Crippen LogP contribution in [0.1, 0.15) is 42.0 Å². The van der Waals surface area contributed by atoms with Crippen molar-refractivity contribution < 1.29 is 14.6 Å². The van der Waals surface area contributed by atoms with Gasteiger partial charge in [-0.1, -0.05) is 67.6 Å². The minimum absolute atomic E-state index is 0.0407. The molecule has 0 spiro atoms. The van der Waals surface area contributed by atoms with Crippen molar-refractivity contribution in [2.24, 2.45) is 0 Å². The molecule has 1 atom stereocenters. The van der Waals surface area contributed by atoms with Crippen molar-refractivity contribution in [3.8, 4) is 16.9 Å². The summed E-state index contributed by atoms with van der Waals surface area (Å²) < 4.78 is 5.61. The minimum Gasteiger partial charge on any atom is -0.508 e. The molecular weight excluding hydrogens is 350 g/mol. The van der Waals surface area contributed by atoms with Gasteiger partial charge < -0.3 is 15.2 Å². The molecule has 4 nitrogen and oxygen atoms in total. The number of hydrogen-bond acceptors (Lipinski definition) is 3. The smallest absolute Gasteiger partial charge is 0.407 e. The number of alkyl carbamates (subject to hydrolysis) is 1. The molecule has 0 saturated heterocycles. The molecule has 1 aliphatic rings. The maximum Gasteiger partial charge on any atom is 0.407 e. The number of amides is 1. The van der Waals surface area contributed by atoms with Crippen LogP contribution in [0.4, 0.5) is 4.79 Å². The van der Waals surface area contributed by atoms with E-state index in [4.69, 9.17) is 4.74 Å². The van der Waals surface area contributed by atoms with Crippen LogP contribution in [-0.4, -0.2) is 17.8 Å². The van der Waals surface area contributed by atoms with E-state index in [1.807, 2.05) is 37.3 Å². The monoisotopic (exact) mass is 373 g/mol. The Balaban J connectivity index is 1.46. The van der Waals surface area contributed by atoms with Gasteiger partial charge >= 0.3 is 6.09 Å². The van der Waals surface area contributed by atoms with Gasteiger partial charge in [0, 0.05) is 5.92 Å². The molecule has 3 aromatic carbocycles. The van der Waals surface area contributed by atoms with Gasteiger partial charge in [0.1, 0.15) is 12.4 Å². The van der Waals surface area contributed by atoms with Crippen molar-refractivity contribution in [1.29, 1.82) is 0 Å². The molecule has 142 valence electrons. The highest BCUT2D eigenvalue weighted by Crippen LogP contribution is 2.44. The summed E-state index contributed by atoms with van der Waals surface area (Å²) in [6.07, 6.45) is 0.255. The van der Waals surface area contributed by atoms with Gasteiger partial charge in [-0.05, 0) is 46.4 Å². The van der Waals surface area contributed by atoms with Crippen molar-refractivity contribution in [3.63, 3.8) is 0 Å². The SMILES string of the molecule is CCC(NC(=O)OCC1c2ccccc2-c2ccccc21)c1cccc(O)c1. The van der Waals surface area contributed by atoms with E-state index < -0.39 is 6.09 Å². The van der Waals surface area contributed by atoms with Gasteiger partial charge in [0.05, 0.1) is 6.04 Å². The van der Waals surface area contributed by atoms with Crippen LogP contribution in [0.5, 0.6) is 5.75 Å². The normalized spacial score (nSPS) is 13.5. The van der Waals surface area contributed by atoms with Crippen molar-refractivity contribution in [1.82, 2.24) is 5.32 Å². The second-order valence-corrected chi connectivity index (χ2v) is 7.03. The Bertz CT molecular complexity index is 953. The first-order valence-electron chi connectivity index (χ1n) is 9.57. The number of hydrogen-bond donors (Lipinski definition) is 2. The minimum atomic E-state index is -0.447. The van der Waals surface area contributed by atoms with Gasteiger partial charge in [-0.25, -0.2) is 4.79 Å². The fraction of sp³-hybridized carbons (Fsp3) is 0.208.